The summed E-state index contributed by atoms with van der Waals surface area (Å²) >= 11 is 0. The lowest BCUT2D eigenvalue weighted by molar-refractivity contribution is -0.146. The zero-order valence-corrected chi connectivity index (χ0v) is 16.4. The first-order valence-corrected chi connectivity index (χ1v) is 9.53. The van der Waals surface area contributed by atoms with Crippen LogP contribution in [0.25, 0.3) is 0 Å². The Morgan fingerprint density at radius 3 is 2.50 bits per heavy atom. The van der Waals surface area contributed by atoms with Gasteiger partial charge < -0.3 is 20.7 Å². The summed E-state index contributed by atoms with van der Waals surface area (Å²) < 4.78 is 5.55. The zero-order chi connectivity index (χ0) is 20.0. The number of hydrogen-bond donors (Lipinski definition) is 3. The molecule has 2 aromatic carbocycles. The van der Waals surface area contributed by atoms with Crippen molar-refractivity contribution in [2.75, 3.05) is 25.5 Å². The first kappa shape index (κ1) is 20.0. The van der Waals surface area contributed by atoms with E-state index in [9.17, 15) is 9.59 Å². The van der Waals surface area contributed by atoms with E-state index >= 15 is 0 Å². The summed E-state index contributed by atoms with van der Waals surface area (Å²) in [5.41, 5.74) is 2.56. The van der Waals surface area contributed by atoms with Crippen LogP contribution in [0.5, 0.6) is 0 Å². The van der Waals surface area contributed by atoms with Gasteiger partial charge in [-0.25, -0.2) is 0 Å². The number of piperidine rings is 1. The summed E-state index contributed by atoms with van der Waals surface area (Å²) in [6.07, 6.45) is 1.31. The maximum absolute atomic E-state index is 12.7. The number of methoxy groups -OCH3 is 1. The topological polar surface area (TPSA) is 79.5 Å². The standard InChI is InChI=1S/C22H27N3O3/c1-16-6-8-18(9-7-16)20(26)25-19-5-3-4-17(14-19)15-24-21(27)22(28-2)10-12-23-13-11-22/h3-9,14,23H,10-13,15H2,1-2H3,(H,24,27)(H,25,26). The molecular weight excluding hydrogens is 354 g/mol. The lowest BCUT2D eigenvalue weighted by Crippen LogP contribution is -2.53. The second-order valence-electron chi connectivity index (χ2n) is 7.15. The number of hydrogen-bond acceptors (Lipinski definition) is 4. The Morgan fingerprint density at radius 1 is 1.11 bits per heavy atom. The average Bonchev–Trinajstić information content (AvgIpc) is 2.73. The molecule has 3 rings (SSSR count). The molecule has 0 aliphatic carbocycles. The summed E-state index contributed by atoms with van der Waals surface area (Å²) in [6.45, 7) is 3.90. The van der Waals surface area contributed by atoms with Crippen molar-refractivity contribution in [3.63, 3.8) is 0 Å². The van der Waals surface area contributed by atoms with Crippen LogP contribution < -0.4 is 16.0 Å². The predicted octanol–water partition coefficient (Wildman–Crippen LogP) is 2.63. The number of carbonyl (C=O) groups is 2. The molecule has 1 heterocycles. The van der Waals surface area contributed by atoms with Crippen molar-refractivity contribution in [1.82, 2.24) is 10.6 Å². The number of amides is 2. The Morgan fingerprint density at radius 2 is 1.82 bits per heavy atom. The number of nitrogens with one attached hydrogen (secondary N) is 3. The van der Waals surface area contributed by atoms with Crippen LogP contribution >= 0.6 is 0 Å². The molecule has 0 radical (unpaired) electrons. The Balaban J connectivity index is 1.60. The van der Waals surface area contributed by atoms with Crippen molar-refractivity contribution < 1.29 is 14.3 Å². The fourth-order valence-electron chi connectivity index (χ4n) is 3.37. The van der Waals surface area contributed by atoms with Gasteiger partial charge in [-0.1, -0.05) is 29.8 Å². The van der Waals surface area contributed by atoms with Crippen LogP contribution in [0.3, 0.4) is 0 Å². The third-order valence-electron chi connectivity index (χ3n) is 5.17. The second kappa shape index (κ2) is 8.99. The van der Waals surface area contributed by atoms with Crippen LogP contribution in [0.15, 0.2) is 48.5 Å². The van der Waals surface area contributed by atoms with Gasteiger partial charge in [-0.3, -0.25) is 9.59 Å². The highest BCUT2D eigenvalue weighted by Crippen LogP contribution is 2.23. The van der Waals surface area contributed by atoms with Crippen molar-refractivity contribution in [3.05, 3.63) is 65.2 Å². The highest BCUT2D eigenvalue weighted by Gasteiger charge is 2.39. The average molecular weight is 381 g/mol. The van der Waals surface area contributed by atoms with Gasteiger partial charge in [0.2, 0.25) is 0 Å². The smallest absolute Gasteiger partial charge is 0.255 e. The van der Waals surface area contributed by atoms with E-state index in [2.05, 4.69) is 16.0 Å². The molecule has 0 saturated carbocycles. The normalized spacial score (nSPS) is 15.6. The van der Waals surface area contributed by atoms with Crippen molar-refractivity contribution in [1.29, 1.82) is 0 Å². The summed E-state index contributed by atoms with van der Waals surface area (Å²) in [5.74, 6) is -0.250. The van der Waals surface area contributed by atoms with Gasteiger partial charge in [-0.15, -0.1) is 0 Å². The third-order valence-corrected chi connectivity index (χ3v) is 5.17. The molecule has 0 unspecified atom stereocenters. The van der Waals surface area contributed by atoms with Crippen LogP contribution in [0.1, 0.15) is 34.3 Å². The quantitative estimate of drug-likeness (QED) is 0.719. The van der Waals surface area contributed by atoms with E-state index in [1.807, 2.05) is 43.3 Å². The molecule has 6 heteroatoms. The first-order chi connectivity index (χ1) is 13.5. The summed E-state index contributed by atoms with van der Waals surface area (Å²) in [4.78, 5) is 25.1. The fraction of sp³-hybridized carbons (Fsp3) is 0.364. The van der Waals surface area contributed by atoms with Crippen molar-refractivity contribution in [2.24, 2.45) is 0 Å². The number of benzene rings is 2. The van der Waals surface area contributed by atoms with E-state index in [0.717, 1.165) is 24.2 Å². The van der Waals surface area contributed by atoms with Gasteiger partial charge in [0.1, 0.15) is 5.60 Å². The highest BCUT2D eigenvalue weighted by atomic mass is 16.5. The Hall–Kier alpha value is -2.70. The Labute approximate surface area is 165 Å². The van der Waals surface area contributed by atoms with Gasteiger partial charge in [0, 0.05) is 24.9 Å². The number of carbonyl (C=O) groups excluding carboxylic acids is 2. The van der Waals surface area contributed by atoms with Gasteiger partial charge >= 0.3 is 0 Å². The largest absolute Gasteiger partial charge is 0.368 e. The minimum Gasteiger partial charge on any atom is -0.368 e. The minimum absolute atomic E-state index is 0.0920. The van der Waals surface area contributed by atoms with E-state index in [1.165, 1.54) is 0 Å². The Kier molecular flexibility index (Phi) is 6.44. The van der Waals surface area contributed by atoms with Crippen LogP contribution in [-0.2, 0) is 16.1 Å². The molecule has 2 aromatic rings. The Bertz CT molecular complexity index is 827. The van der Waals surface area contributed by atoms with Crippen LogP contribution in [-0.4, -0.2) is 37.6 Å². The van der Waals surface area contributed by atoms with E-state index < -0.39 is 5.60 Å². The molecule has 1 aliphatic rings. The number of ether oxygens (including phenoxy) is 1. The summed E-state index contributed by atoms with van der Waals surface area (Å²) in [5, 5.41) is 9.12. The number of aryl methyl sites for hydroxylation is 1. The van der Waals surface area contributed by atoms with E-state index in [-0.39, 0.29) is 11.8 Å². The minimum atomic E-state index is -0.761. The maximum Gasteiger partial charge on any atom is 0.255 e. The van der Waals surface area contributed by atoms with E-state index in [4.69, 9.17) is 4.74 Å². The summed E-state index contributed by atoms with van der Waals surface area (Å²) in [7, 11) is 1.59. The van der Waals surface area contributed by atoms with Gasteiger partial charge in [0.15, 0.2) is 0 Å². The lowest BCUT2D eigenvalue weighted by atomic mass is 9.91. The molecule has 28 heavy (non-hydrogen) atoms. The molecular formula is C22H27N3O3. The second-order valence-corrected chi connectivity index (χ2v) is 7.15. The fourth-order valence-corrected chi connectivity index (χ4v) is 3.37. The lowest BCUT2D eigenvalue weighted by Gasteiger charge is -2.34. The number of anilines is 1. The molecule has 6 nitrogen and oxygen atoms in total. The molecule has 1 saturated heterocycles. The molecule has 1 fully saturated rings. The SMILES string of the molecule is COC1(C(=O)NCc2cccc(NC(=O)c3ccc(C)cc3)c2)CCNCC1. The van der Waals surface area contributed by atoms with Crippen molar-refractivity contribution >= 4 is 17.5 Å². The zero-order valence-electron chi connectivity index (χ0n) is 16.4. The van der Waals surface area contributed by atoms with Gasteiger partial charge in [-0.05, 0) is 62.7 Å². The van der Waals surface area contributed by atoms with Crippen molar-refractivity contribution in [3.8, 4) is 0 Å². The van der Waals surface area contributed by atoms with E-state index in [0.29, 0.717) is 30.6 Å². The van der Waals surface area contributed by atoms with Crippen LogP contribution in [0, 0.1) is 6.92 Å². The van der Waals surface area contributed by atoms with E-state index in [1.54, 1.807) is 19.2 Å². The van der Waals surface area contributed by atoms with Gasteiger partial charge in [0.25, 0.3) is 11.8 Å². The molecule has 0 spiro atoms. The van der Waals surface area contributed by atoms with Gasteiger partial charge in [-0.2, -0.15) is 0 Å². The molecule has 0 atom stereocenters. The van der Waals surface area contributed by atoms with Crippen LogP contribution in [0.2, 0.25) is 0 Å². The molecule has 148 valence electrons. The summed E-state index contributed by atoms with van der Waals surface area (Å²) in [6, 6.07) is 14.9. The first-order valence-electron chi connectivity index (χ1n) is 9.53. The predicted molar refractivity (Wildman–Crippen MR) is 109 cm³/mol. The van der Waals surface area contributed by atoms with Crippen molar-refractivity contribution in [2.45, 2.75) is 31.9 Å². The maximum atomic E-state index is 12.7. The molecule has 1 aliphatic heterocycles. The molecule has 3 N–H and O–H groups in total. The monoisotopic (exact) mass is 381 g/mol. The van der Waals surface area contributed by atoms with Gasteiger partial charge in [0.05, 0.1) is 0 Å². The van der Waals surface area contributed by atoms with Crippen LogP contribution in [0.4, 0.5) is 5.69 Å². The molecule has 0 bridgehead atoms. The number of rotatable bonds is 6. The molecule has 0 aromatic heterocycles. The highest BCUT2D eigenvalue weighted by molar-refractivity contribution is 6.04. The molecule has 2 amide bonds. The third kappa shape index (κ3) is 4.77.